The van der Waals surface area contributed by atoms with E-state index in [0.29, 0.717) is 11.4 Å². The molecule has 0 bridgehead atoms. The lowest BCUT2D eigenvalue weighted by Crippen LogP contribution is -2.17. The van der Waals surface area contributed by atoms with E-state index in [-0.39, 0.29) is 5.91 Å². The Kier molecular flexibility index (Phi) is 4.40. The number of nitrogens with two attached hydrogens (primary N) is 1. The summed E-state index contributed by atoms with van der Waals surface area (Å²) >= 11 is 0. The highest BCUT2D eigenvalue weighted by molar-refractivity contribution is 6.06. The number of carbonyl (C=O) groups excluding carboxylic acids is 1. The summed E-state index contributed by atoms with van der Waals surface area (Å²) in [5, 5.41) is 6.79. The van der Waals surface area contributed by atoms with E-state index in [2.05, 4.69) is 17.3 Å². The van der Waals surface area contributed by atoms with Crippen LogP contribution in [0.4, 0.5) is 11.4 Å². The predicted octanol–water partition coefficient (Wildman–Crippen LogP) is 2.60. The molecule has 0 saturated heterocycles. The summed E-state index contributed by atoms with van der Waals surface area (Å²) in [6, 6.07) is 7.90. The average molecular weight is 272 g/mol. The molecule has 1 heterocycles. The Balaban J connectivity index is 2.05. The average Bonchev–Trinajstić information content (AvgIpc) is 2.77. The second kappa shape index (κ2) is 6.23. The van der Waals surface area contributed by atoms with Crippen LogP contribution in [0.25, 0.3) is 0 Å². The number of hydrogen-bond donors (Lipinski definition) is 2. The molecule has 0 atom stereocenters. The fourth-order valence-corrected chi connectivity index (χ4v) is 2.06. The number of anilines is 2. The second-order valence-corrected chi connectivity index (χ2v) is 4.83. The van der Waals surface area contributed by atoms with E-state index in [4.69, 9.17) is 5.73 Å². The SMILES string of the molecule is CCCCc1ccc(NC(=O)c2c(N)cnn2C)cc1. The third kappa shape index (κ3) is 3.17. The molecule has 2 rings (SSSR count). The summed E-state index contributed by atoms with van der Waals surface area (Å²) in [6.45, 7) is 2.17. The smallest absolute Gasteiger partial charge is 0.276 e. The van der Waals surface area contributed by atoms with Crippen molar-refractivity contribution in [2.24, 2.45) is 7.05 Å². The van der Waals surface area contributed by atoms with Crippen molar-refractivity contribution in [3.63, 3.8) is 0 Å². The van der Waals surface area contributed by atoms with E-state index in [1.165, 1.54) is 29.3 Å². The van der Waals surface area contributed by atoms with Crippen LogP contribution in [0.3, 0.4) is 0 Å². The molecule has 1 amide bonds. The maximum atomic E-state index is 12.1. The van der Waals surface area contributed by atoms with Crippen molar-refractivity contribution in [1.29, 1.82) is 0 Å². The van der Waals surface area contributed by atoms with Gasteiger partial charge in [-0.1, -0.05) is 25.5 Å². The van der Waals surface area contributed by atoms with E-state index >= 15 is 0 Å². The molecular formula is C15H20N4O. The molecule has 0 unspecified atom stereocenters. The summed E-state index contributed by atoms with van der Waals surface area (Å²) in [6.07, 6.45) is 4.90. The third-order valence-corrected chi connectivity index (χ3v) is 3.21. The van der Waals surface area contributed by atoms with Crippen molar-refractivity contribution in [3.05, 3.63) is 41.7 Å². The lowest BCUT2D eigenvalue weighted by atomic mass is 10.1. The van der Waals surface area contributed by atoms with Gasteiger partial charge in [-0.3, -0.25) is 9.48 Å². The number of nitrogen functional groups attached to an aromatic ring is 1. The summed E-state index contributed by atoms with van der Waals surface area (Å²) in [5.74, 6) is -0.246. The molecule has 3 N–H and O–H groups in total. The molecule has 0 aliphatic heterocycles. The lowest BCUT2D eigenvalue weighted by Gasteiger charge is -2.07. The van der Waals surface area contributed by atoms with Crippen molar-refractivity contribution in [2.75, 3.05) is 11.1 Å². The van der Waals surface area contributed by atoms with Gasteiger partial charge < -0.3 is 11.1 Å². The molecule has 5 nitrogen and oxygen atoms in total. The summed E-state index contributed by atoms with van der Waals surface area (Å²) < 4.78 is 1.47. The van der Waals surface area contributed by atoms with Crippen LogP contribution < -0.4 is 11.1 Å². The molecule has 1 aromatic carbocycles. The minimum absolute atomic E-state index is 0.246. The molecular weight excluding hydrogens is 252 g/mol. The van der Waals surface area contributed by atoms with Gasteiger partial charge in [-0.15, -0.1) is 0 Å². The van der Waals surface area contributed by atoms with Crippen molar-refractivity contribution in [2.45, 2.75) is 26.2 Å². The quantitative estimate of drug-likeness (QED) is 0.878. The maximum Gasteiger partial charge on any atom is 0.276 e. The highest BCUT2D eigenvalue weighted by Gasteiger charge is 2.14. The second-order valence-electron chi connectivity index (χ2n) is 4.83. The molecule has 0 spiro atoms. The van der Waals surface area contributed by atoms with E-state index in [1.807, 2.05) is 24.3 Å². The summed E-state index contributed by atoms with van der Waals surface area (Å²) in [7, 11) is 1.69. The van der Waals surface area contributed by atoms with Gasteiger partial charge >= 0.3 is 0 Å². The normalized spacial score (nSPS) is 10.5. The zero-order valence-corrected chi connectivity index (χ0v) is 11.9. The zero-order valence-electron chi connectivity index (χ0n) is 11.9. The fourth-order valence-electron chi connectivity index (χ4n) is 2.06. The Bertz CT molecular complexity index is 567. The third-order valence-electron chi connectivity index (χ3n) is 3.21. The first kappa shape index (κ1) is 14.1. The predicted molar refractivity (Wildman–Crippen MR) is 80.6 cm³/mol. The van der Waals surface area contributed by atoms with Gasteiger partial charge in [-0.05, 0) is 30.5 Å². The van der Waals surface area contributed by atoms with E-state index in [1.54, 1.807) is 7.05 Å². The molecule has 0 saturated carbocycles. The number of hydrogen-bond acceptors (Lipinski definition) is 3. The highest BCUT2D eigenvalue weighted by atomic mass is 16.2. The van der Waals surface area contributed by atoms with Gasteiger partial charge in [-0.25, -0.2) is 0 Å². The monoisotopic (exact) mass is 272 g/mol. The van der Waals surface area contributed by atoms with Gasteiger partial charge in [0.15, 0.2) is 0 Å². The highest BCUT2D eigenvalue weighted by Crippen LogP contribution is 2.15. The Hall–Kier alpha value is -2.30. The zero-order chi connectivity index (χ0) is 14.5. The van der Waals surface area contributed by atoms with Gasteiger partial charge in [0.1, 0.15) is 5.69 Å². The number of carbonyl (C=O) groups is 1. The molecule has 0 fully saturated rings. The van der Waals surface area contributed by atoms with Crippen molar-refractivity contribution >= 4 is 17.3 Å². The number of nitrogens with one attached hydrogen (secondary N) is 1. The van der Waals surface area contributed by atoms with Crippen LogP contribution in [0.15, 0.2) is 30.5 Å². The molecule has 5 heteroatoms. The summed E-state index contributed by atoms with van der Waals surface area (Å²) in [5.41, 5.74) is 8.53. The number of amides is 1. The van der Waals surface area contributed by atoms with Crippen LogP contribution in [0.2, 0.25) is 0 Å². The molecule has 106 valence electrons. The largest absolute Gasteiger partial charge is 0.396 e. The van der Waals surface area contributed by atoms with Gasteiger partial charge in [0.05, 0.1) is 11.9 Å². The lowest BCUT2D eigenvalue weighted by molar-refractivity contribution is 0.101. The number of benzene rings is 1. The van der Waals surface area contributed by atoms with Crippen LogP contribution in [0, 0.1) is 0 Å². The molecule has 0 aliphatic rings. The molecule has 1 aromatic heterocycles. The minimum atomic E-state index is -0.246. The van der Waals surface area contributed by atoms with Crippen LogP contribution in [0.5, 0.6) is 0 Å². The fraction of sp³-hybridized carbons (Fsp3) is 0.333. The minimum Gasteiger partial charge on any atom is -0.396 e. The molecule has 0 aliphatic carbocycles. The van der Waals surface area contributed by atoms with Gasteiger partial charge in [-0.2, -0.15) is 5.10 Å². The Morgan fingerprint density at radius 3 is 2.60 bits per heavy atom. The Morgan fingerprint density at radius 1 is 1.35 bits per heavy atom. The number of aryl methyl sites for hydroxylation is 2. The number of unbranched alkanes of at least 4 members (excludes halogenated alkanes) is 1. The summed E-state index contributed by atoms with van der Waals surface area (Å²) in [4.78, 5) is 12.1. The van der Waals surface area contributed by atoms with E-state index in [0.717, 1.165) is 12.1 Å². The number of aromatic nitrogens is 2. The first-order valence-corrected chi connectivity index (χ1v) is 6.79. The van der Waals surface area contributed by atoms with E-state index < -0.39 is 0 Å². The van der Waals surface area contributed by atoms with Crippen LogP contribution >= 0.6 is 0 Å². The van der Waals surface area contributed by atoms with Crippen molar-refractivity contribution < 1.29 is 4.79 Å². The molecule has 2 aromatic rings. The van der Waals surface area contributed by atoms with Gasteiger partial charge in [0.2, 0.25) is 0 Å². The Morgan fingerprint density at radius 2 is 2.05 bits per heavy atom. The topological polar surface area (TPSA) is 72.9 Å². The first-order valence-electron chi connectivity index (χ1n) is 6.79. The Labute approximate surface area is 118 Å². The number of rotatable bonds is 5. The van der Waals surface area contributed by atoms with Crippen LogP contribution in [-0.4, -0.2) is 15.7 Å². The van der Waals surface area contributed by atoms with Crippen LogP contribution in [0.1, 0.15) is 35.8 Å². The van der Waals surface area contributed by atoms with Gasteiger partial charge in [0, 0.05) is 12.7 Å². The van der Waals surface area contributed by atoms with E-state index in [9.17, 15) is 4.79 Å². The van der Waals surface area contributed by atoms with Crippen molar-refractivity contribution in [3.8, 4) is 0 Å². The standard InChI is InChI=1S/C15H20N4O/c1-3-4-5-11-6-8-12(9-7-11)18-15(20)14-13(16)10-17-19(14)2/h6-10H,3-5,16H2,1-2H3,(H,18,20). The number of nitrogens with zero attached hydrogens (tertiary/aromatic N) is 2. The first-order chi connectivity index (χ1) is 9.61. The van der Waals surface area contributed by atoms with Gasteiger partial charge in [0.25, 0.3) is 5.91 Å². The molecule has 0 radical (unpaired) electrons. The van der Waals surface area contributed by atoms with Crippen LogP contribution in [-0.2, 0) is 13.5 Å². The molecule has 20 heavy (non-hydrogen) atoms. The van der Waals surface area contributed by atoms with Crippen molar-refractivity contribution in [1.82, 2.24) is 9.78 Å². The maximum absolute atomic E-state index is 12.1.